The number of rotatable bonds is 2. The van der Waals surface area contributed by atoms with Gasteiger partial charge in [0.15, 0.2) is 0 Å². The van der Waals surface area contributed by atoms with Crippen LogP contribution in [-0.2, 0) is 8.85 Å². The summed E-state index contributed by atoms with van der Waals surface area (Å²) in [5, 5.41) is 0. The first-order valence-corrected chi connectivity index (χ1v) is 7.90. The Morgan fingerprint density at radius 3 is 1.40 bits per heavy atom. The van der Waals surface area contributed by atoms with Gasteiger partial charge in [0.1, 0.15) is 0 Å². The van der Waals surface area contributed by atoms with Gasteiger partial charge in [0.05, 0.1) is 11.2 Å². The Morgan fingerprint density at radius 2 is 1.13 bits per heavy atom. The highest BCUT2D eigenvalue weighted by Crippen LogP contribution is 2.34. The van der Waals surface area contributed by atoms with Gasteiger partial charge in [0.2, 0.25) is 0 Å². The van der Waals surface area contributed by atoms with Crippen molar-refractivity contribution < 1.29 is 8.85 Å². The summed E-state index contributed by atoms with van der Waals surface area (Å²) in [7, 11) is -2.01. The van der Waals surface area contributed by atoms with Crippen molar-refractivity contribution in [2.24, 2.45) is 0 Å². The molecule has 1 rings (SSSR count). The predicted molar refractivity (Wildman–Crippen MR) is 66.2 cm³/mol. The smallest absolute Gasteiger partial charge is 0.346 e. The van der Waals surface area contributed by atoms with Crippen molar-refractivity contribution in [1.29, 1.82) is 0 Å². The maximum absolute atomic E-state index is 6.22. The summed E-state index contributed by atoms with van der Waals surface area (Å²) in [6, 6.07) is 1.98. The lowest BCUT2D eigenvalue weighted by Crippen LogP contribution is -2.49. The molecule has 88 valence electrons. The molecule has 3 heteroatoms. The predicted octanol–water partition coefficient (Wildman–Crippen LogP) is 3.63. The molecule has 0 saturated heterocycles. The summed E-state index contributed by atoms with van der Waals surface area (Å²) in [5.41, 5.74) is -0.215. The van der Waals surface area contributed by atoms with Crippen LogP contribution in [0.4, 0.5) is 0 Å². The molecule has 0 aliphatic carbocycles. The number of hydrogen-bond acceptors (Lipinski definition) is 2. The Morgan fingerprint density at radius 1 is 0.800 bits per heavy atom. The molecular formula is C12H24O2Si. The van der Waals surface area contributed by atoms with Crippen molar-refractivity contribution in [3.63, 3.8) is 0 Å². The zero-order chi connectivity index (χ0) is 11.7. The van der Waals surface area contributed by atoms with E-state index in [1.807, 2.05) is 0 Å². The Kier molecular flexibility index (Phi) is 3.48. The Bertz CT molecular complexity index is 219. The summed E-state index contributed by atoms with van der Waals surface area (Å²) in [6.45, 7) is 12.6. The fourth-order valence-corrected chi connectivity index (χ4v) is 5.74. The van der Waals surface area contributed by atoms with E-state index in [-0.39, 0.29) is 11.2 Å². The van der Waals surface area contributed by atoms with Crippen molar-refractivity contribution in [3.05, 3.63) is 12.2 Å². The largest absolute Gasteiger partial charge is 0.389 e. The standard InChI is InChI=1S/C12H24O2Si/c1-11(2,3)13-15(9-7-8-10-15)14-12(4,5)6/h7-8H,9-10H2,1-6H3. The van der Waals surface area contributed by atoms with Gasteiger partial charge in [0, 0.05) is 12.1 Å². The minimum Gasteiger partial charge on any atom is -0.389 e. The molecule has 0 amide bonds. The van der Waals surface area contributed by atoms with Gasteiger partial charge < -0.3 is 8.85 Å². The van der Waals surface area contributed by atoms with Gasteiger partial charge in [-0.15, -0.1) is 0 Å². The molecule has 0 bridgehead atoms. The maximum atomic E-state index is 6.22. The van der Waals surface area contributed by atoms with E-state index >= 15 is 0 Å². The SMILES string of the molecule is CC(C)(C)O[Si]1(OC(C)(C)C)CC=CC1. The zero-order valence-electron chi connectivity index (χ0n) is 10.9. The fourth-order valence-electron chi connectivity index (χ4n) is 1.91. The summed E-state index contributed by atoms with van der Waals surface area (Å²) in [4.78, 5) is 0. The molecule has 0 fully saturated rings. The van der Waals surface area contributed by atoms with E-state index in [1.165, 1.54) is 0 Å². The van der Waals surface area contributed by atoms with E-state index in [0.29, 0.717) is 0 Å². The van der Waals surface area contributed by atoms with E-state index in [0.717, 1.165) is 12.1 Å². The monoisotopic (exact) mass is 228 g/mol. The summed E-state index contributed by atoms with van der Waals surface area (Å²) < 4.78 is 12.4. The molecule has 0 aromatic carbocycles. The summed E-state index contributed by atoms with van der Waals surface area (Å²) in [6.07, 6.45) is 4.40. The Labute approximate surface area is 94.9 Å². The third-order valence-electron chi connectivity index (χ3n) is 2.01. The van der Waals surface area contributed by atoms with Crippen LogP contribution in [0.5, 0.6) is 0 Å². The third kappa shape index (κ3) is 4.49. The highest BCUT2D eigenvalue weighted by atomic mass is 28.4. The van der Waals surface area contributed by atoms with Crippen molar-refractivity contribution in [2.75, 3.05) is 0 Å². The van der Waals surface area contributed by atoms with Gasteiger partial charge in [0.25, 0.3) is 0 Å². The van der Waals surface area contributed by atoms with Crippen LogP contribution in [0, 0.1) is 0 Å². The van der Waals surface area contributed by atoms with E-state index < -0.39 is 8.56 Å². The normalized spacial score (nSPS) is 20.9. The second-order valence-electron chi connectivity index (χ2n) is 6.22. The fraction of sp³-hybridized carbons (Fsp3) is 0.833. The van der Waals surface area contributed by atoms with Crippen LogP contribution in [0.15, 0.2) is 12.2 Å². The minimum atomic E-state index is -2.01. The Hall–Kier alpha value is -0.123. The average Bonchev–Trinajstić information content (AvgIpc) is 2.27. The maximum Gasteiger partial charge on any atom is 0.346 e. The van der Waals surface area contributed by atoms with E-state index in [1.54, 1.807) is 0 Å². The van der Waals surface area contributed by atoms with Crippen molar-refractivity contribution in [1.82, 2.24) is 0 Å². The molecular weight excluding hydrogens is 204 g/mol. The molecule has 0 atom stereocenters. The lowest BCUT2D eigenvalue weighted by molar-refractivity contribution is 0.0179. The minimum absolute atomic E-state index is 0.108. The van der Waals surface area contributed by atoms with Gasteiger partial charge in [-0.05, 0) is 41.5 Å². The summed E-state index contributed by atoms with van der Waals surface area (Å²) >= 11 is 0. The zero-order valence-corrected chi connectivity index (χ0v) is 11.9. The number of allylic oxidation sites excluding steroid dienone is 2. The van der Waals surface area contributed by atoms with Crippen LogP contribution in [-0.4, -0.2) is 19.8 Å². The van der Waals surface area contributed by atoms with Gasteiger partial charge in [-0.25, -0.2) is 0 Å². The molecule has 1 aliphatic rings. The van der Waals surface area contributed by atoms with Crippen molar-refractivity contribution >= 4 is 8.56 Å². The van der Waals surface area contributed by atoms with Gasteiger partial charge >= 0.3 is 8.56 Å². The third-order valence-corrected chi connectivity index (χ3v) is 5.69. The second kappa shape index (κ2) is 4.04. The summed E-state index contributed by atoms with van der Waals surface area (Å²) in [5.74, 6) is 0. The average molecular weight is 228 g/mol. The van der Waals surface area contributed by atoms with Crippen molar-refractivity contribution in [2.45, 2.75) is 64.8 Å². The molecule has 15 heavy (non-hydrogen) atoms. The number of hydrogen-bond donors (Lipinski definition) is 0. The Balaban J connectivity index is 2.72. The molecule has 0 saturated carbocycles. The van der Waals surface area contributed by atoms with Crippen LogP contribution in [0.1, 0.15) is 41.5 Å². The van der Waals surface area contributed by atoms with Crippen LogP contribution in [0.25, 0.3) is 0 Å². The first-order valence-electron chi connectivity index (χ1n) is 5.67. The van der Waals surface area contributed by atoms with E-state index in [4.69, 9.17) is 8.85 Å². The van der Waals surface area contributed by atoms with Crippen LogP contribution in [0.3, 0.4) is 0 Å². The van der Waals surface area contributed by atoms with Crippen molar-refractivity contribution in [3.8, 4) is 0 Å². The topological polar surface area (TPSA) is 18.5 Å². The molecule has 0 aromatic heterocycles. The molecule has 0 unspecified atom stereocenters. The molecule has 0 spiro atoms. The molecule has 1 heterocycles. The molecule has 1 aliphatic heterocycles. The van der Waals surface area contributed by atoms with Gasteiger partial charge in [-0.3, -0.25) is 0 Å². The van der Waals surface area contributed by atoms with Crippen LogP contribution < -0.4 is 0 Å². The molecule has 0 aromatic rings. The van der Waals surface area contributed by atoms with Gasteiger partial charge in [-0.2, -0.15) is 0 Å². The molecule has 2 nitrogen and oxygen atoms in total. The quantitative estimate of drug-likeness (QED) is 0.531. The van der Waals surface area contributed by atoms with Crippen LogP contribution in [0.2, 0.25) is 12.1 Å². The van der Waals surface area contributed by atoms with E-state index in [2.05, 4.69) is 53.7 Å². The lowest BCUT2D eigenvalue weighted by Gasteiger charge is -2.38. The van der Waals surface area contributed by atoms with E-state index in [9.17, 15) is 0 Å². The van der Waals surface area contributed by atoms with Gasteiger partial charge in [-0.1, -0.05) is 12.2 Å². The molecule has 0 N–H and O–H groups in total. The van der Waals surface area contributed by atoms with Crippen LogP contribution >= 0.6 is 0 Å². The highest BCUT2D eigenvalue weighted by Gasteiger charge is 2.44. The highest BCUT2D eigenvalue weighted by molar-refractivity contribution is 6.69. The lowest BCUT2D eigenvalue weighted by atomic mass is 10.2. The molecule has 0 radical (unpaired) electrons. The first-order chi connectivity index (χ1) is 6.62. The second-order valence-corrected chi connectivity index (χ2v) is 9.27. The first kappa shape index (κ1) is 12.9.